The van der Waals surface area contributed by atoms with Gasteiger partial charge in [-0.1, -0.05) is 12.8 Å². The van der Waals surface area contributed by atoms with Crippen LogP contribution in [0.2, 0.25) is 0 Å². The molecule has 1 unspecified atom stereocenters. The summed E-state index contributed by atoms with van der Waals surface area (Å²) >= 11 is 0. The summed E-state index contributed by atoms with van der Waals surface area (Å²) in [6.07, 6.45) is 7.43. The van der Waals surface area contributed by atoms with E-state index in [1.54, 1.807) is 0 Å². The molecule has 0 bridgehead atoms. The van der Waals surface area contributed by atoms with Crippen molar-refractivity contribution in [3.05, 3.63) is 29.6 Å². The van der Waals surface area contributed by atoms with Crippen LogP contribution in [0.4, 0.5) is 0 Å². The van der Waals surface area contributed by atoms with Gasteiger partial charge in [0.15, 0.2) is 0 Å². The average Bonchev–Trinajstić information content (AvgIpc) is 3.03. The minimum absolute atomic E-state index is 0.507. The third-order valence-corrected chi connectivity index (χ3v) is 3.23. The van der Waals surface area contributed by atoms with Crippen molar-refractivity contribution < 1.29 is 0 Å². The van der Waals surface area contributed by atoms with Gasteiger partial charge in [0.05, 0.1) is 0 Å². The van der Waals surface area contributed by atoms with Crippen molar-refractivity contribution >= 4 is 0 Å². The summed E-state index contributed by atoms with van der Waals surface area (Å²) in [4.78, 5) is 4.24. The largest absolute Gasteiger partial charge is 0.313 e. The Labute approximate surface area is 92.1 Å². The van der Waals surface area contributed by atoms with Crippen LogP contribution >= 0.6 is 0 Å². The Morgan fingerprint density at radius 1 is 1.53 bits per heavy atom. The lowest BCUT2D eigenvalue weighted by molar-refractivity contribution is 0.506. The molecule has 82 valence electrons. The maximum absolute atomic E-state index is 4.24. The second-order valence-electron chi connectivity index (χ2n) is 4.59. The molecule has 2 rings (SSSR count). The number of aromatic nitrogens is 1. The van der Waals surface area contributed by atoms with Gasteiger partial charge in [-0.05, 0) is 50.4 Å². The zero-order chi connectivity index (χ0) is 10.7. The Morgan fingerprint density at radius 2 is 2.33 bits per heavy atom. The molecule has 1 aromatic heterocycles. The fraction of sp³-hybridized carbons (Fsp3) is 0.615. The fourth-order valence-electron chi connectivity index (χ4n) is 2.07. The first-order valence-corrected chi connectivity index (χ1v) is 5.89. The lowest BCUT2D eigenvalue weighted by Gasteiger charge is -2.16. The van der Waals surface area contributed by atoms with Gasteiger partial charge in [-0.2, -0.15) is 0 Å². The molecule has 15 heavy (non-hydrogen) atoms. The molecule has 0 amide bonds. The van der Waals surface area contributed by atoms with Crippen LogP contribution in [-0.2, 0) is 0 Å². The van der Waals surface area contributed by atoms with Gasteiger partial charge in [-0.25, -0.2) is 0 Å². The highest BCUT2D eigenvalue weighted by Crippen LogP contribution is 2.35. The van der Waals surface area contributed by atoms with Gasteiger partial charge < -0.3 is 5.32 Å². The summed E-state index contributed by atoms with van der Waals surface area (Å²) in [6, 6.07) is 4.82. The summed E-state index contributed by atoms with van der Waals surface area (Å²) in [7, 11) is 2.05. The van der Waals surface area contributed by atoms with E-state index in [9.17, 15) is 0 Å². The molecular weight excluding hydrogens is 184 g/mol. The number of nitrogens with zero attached hydrogens (tertiary/aromatic N) is 1. The second kappa shape index (κ2) is 4.75. The van der Waals surface area contributed by atoms with E-state index in [4.69, 9.17) is 0 Å². The predicted molar refractivity (Wildman–Crippen MR) is 62.7 cm³/mol. The minimum Gasteiger partial charge on any atom is -0.313 e. The third-order valence-electron chi connectivity index (χ3n) is 3.23. The molecule has 1 N–H and O–H groups in total. The highest BCUT2D eigenvalue weighted by atomic mass is 14.9. The first kappa shape index (κ1) is 10.6. The number of hydrogen-bond acceptors (Lipinski definition) is 2. The van der Waals surface area contributed by atoms with Gasteiger partial charge in [0, 0.05) is 17.9 Å². The highest BCUT2D eigenvalue weighted by Gasteiger charge is 2.22. The van der Waals surface area contributed by atoms with Crippen molar-refractivity contribution in [3.63, 3.8) is 0 Å². The predicted octanol–water partition coefficient (Wildman–Crippen LogP) is 2.84. The Balaban J connectivity index is 1.97. The minimum atomic E-state index is 0.507. The lowest BCUT2D eigenvalue weighted by Crippen LogP contribution is -2.16. The molecule has 1 aromatic rings. The van der Waals surface area contributed by atoms with Gasteiger partial charge in [-0.3, -0.25) is 4.98 Å². The van der Waals surface area contributed by atoms with Gasteiger partial charge in [0.1, 0.15) is 0 Å². The molecule has 2 nitrogen and oxygen atoms in total. The van der Waals surface area contributed by atoms with Crippen LogP contribution in [0.1, 0.15) is 43.0 Å². The fourth-order valence-corrected chi connectivity index (χ4v) is 2.07. The first-order valence-electron chi connectivity index (χ1n) is 5.89. The zero-order valence-electron chi connectivity index (χ0n) is 9.66. The van der Waals surface area contributed by atoms with Gasteiger partial charge in [0.2, 0.25) is 0 Å². The number of hydrogen-bond donors (Lipinski definition) is 1. The van der Waals surface area contributed by atoms with Crippen molar-refractivity contribution in [2.24, 2.45) is 5.92 Å². The van der Waals surface area contributed by atoms with Crippen molar-refractivity contribution in [2.75, 3.05) is 7.05 Å². The van der Waals surface area contributed by atoms with Crippen molar-refractivity contribution in [2.45, 2.75) is 38.6 Å². The maximum Gasteiger partial charge on any atom is 0.0375 e. The Bertz CT molecular complexity index is 318. The lowest BCUT2D eigenvalue weighted by atomic mass is 10.0. The molecule has 2 heteroatoms. The molecule has 1 aliphatic rings. The second-order valence-corrected chi connectivity index (χ2v) is 4.59. The first-order chi connectivity index (χ1) is 7.29. The molecular formula is C13H20N2. The zero-order valence-corrected chi connectivity index (χ0v) is 9.66. The Kier molecular flexibility index (Phi) is 3.37. The summed E-state index contributed by atoms with van der Waals surface area (Å²) in [5.74, 6) is 1.02. The number of rotatable bonds is 5. The van der Waals surface area contributed by atoms with Crippen LogP contribution in [-0.4, -0.2) is 12.0 Å². The smallest absolute Gasteiger partial charge is 0.0375 e. The Morgan fingerprint density at radius 3 is 2.93 bits per heavy atom. The molecule has 0 radical (unpaired) electrons. The van der Waals surface area contributed by atoms with E-state index in [0.717, 1.165) is 11.6 Å². The van der Waals surface area contributed by atoms with Crippen molar-refractivity contribution in [3.8, 4) is 0 Å². The number of pyridine rings is 1. The molecule has 1 heterocycles. The Hall–Kier alpha value is -0.890. The molecule has 0 spiro atoms. The SMILES string of the molecule is CNC(CCC1CC1)c1ccnc(C)c1. The standard InChI is InChI=1S/C13H20N2/c1-10-9-12(7-8-15-10)13(14-2)6-5-11-3-4-11/h7-9,11,13-14H,3-6H2,1-2H3. The van der Waals surface area contributed by atoms with E-state index >= 15 is 0 Å². The monoisotopic (exact) mass is 204 g/mol. The van der Waals surface area contributed by atoms with Crippen LogP contribution in [0.15, 0.2) is 18.3 Å². The van der Waals surface area contributed by atoms with E-state index in [1.165, 1.54) is 31.2 Å². The maximum atomic E-state index is 4.24. The third kappa shape index (κ3) is 3.03. The molecule has 0 saturated heterocycles. The summed E-state index contributed by atoms with van der Waals surface area (Å²) in [6.45, 7) is 2.05. The highest BCUT2D eigenvalue weighted by molar-refractivity contribution is 5.19. The molecule has 0 aromatic carbocycles. The topological polar surface area (TPSA) is 24.9 Å². The van der Waals surface area contributed by atoms with Crippen LogP contribution in [0.25, 0.3) is 0 Å². The van der Waals surface area contributed by atoms with E-state index in [0.29, 0.717) is 6.04 Å². The van der Waals surface area contributed by atoms with E-state index in [-0.39, 0.29) is 0 Å². The quantitative estimate of drug-likeness (QED) is 0.797. The van der Waals surface area contributed by atoms with Crippen molar-refractivity contribution in [1.29, 1.82) is 0 Å². The van der Waals surface area contributed by atoms with Crippen LogP contribution in [0.3, 0.4) is 0 Å². The molecule has 1 fully saturated rings. The van der Waals surface area contributed by atoms with E-state index in [2.05, 4.69) is 29.4 Å². The van der Waals surface area contributed by atoms with E-state index in [1.807, 2.05) is 13.2 Å². The van der Waals surface area contributed by atoms with Crippen LogP contribution < -0.4 is 5.32 Å². The van der Waals surface area contributed by atoms with Gasteiger partial charge in [-0.15, -0.1) is 0 Å². The molecule has 1 aliphatic carbocycles. The molecule has 1 saturated carbocycles. The van der Waals surface area contributed by atoms with E-state index < -0.39 is 0 Å². The molecule has 0 aliphatic heterocycles. The van der Waals surface area contributed by atoms with Crippen LogP contribution in [0.5, 0.6) is 0 Å². The summed E-state index contributed by atoms with van der Waals surface area (Å²) < 4.78 is 0. The number of aryl methyl sites for hydroxylation is 1. The normalized spacial score (nSPS) is 17.7. The average molecular weight is 204 g/mol. The van der Waals surface area contributed by atoms with Gasteiger partial charge >= 0.3 is 0 Å². The summed E-state index contributed by atoms with van der Waals surface area (Å²) in [5, 5.41) is 3.40. The summed E-state index contributed by atoms with van der Waals surface area (Å²) in [5.41, 5.74) is 2.49. The van der Waals surface area contributed by atoms with Crippen molar-refractivity contribution in [1.82, 2.24) is 10.3 Å². The number of nitrogens with one attached hydrogen (secondary N) is 1. The van der Waals surface area contributed by atoms with Gasteiger partial charge in [0.25, 0.3) is 0 Å². The van der Waals surface area contributed by atoms with Crippen LogP contribution in [0, 0.1) is 12.8 Å². The molecule has 1 atom stereocenters.